The molecule has 1 fully saturated rings. The van der Waals surface area contributed by atoms with Gasteiger partial charge in [0, 0.05) is 38.3 Å². The molecule has 0 unspecified atom stereocenters. The van der Waals surface area contributed by atoms with Crippen LogP contribution in [-0.2, 0) is 10.0 Å². The maximum atomic E-state index is 12.4. The summed E-state index contributed by atoms with van der Waals surface area (Å²) in [6.45, 7) is 5.70. The van der Waals surface area contributed by atoms with Gasteiger partial charge in [-0.1, -0.05) is 37.3 Å². The molecule has 0 saturated carbocycles. The Kier molecular flexibility index (Phi) is 7.61. The third-order valence-electron chi connectivity index (χ3n) is 4.83. The highest BCUT2D eigenvalue weighted by atomic mass is 35.5. The summed E-state index contributed by atoms with van der Waals surface area (Å²) < 4.78 is 26.4. The molecule has 1 N–H and O–H groups in total. The maximum Gasteiger partial charge on any atom is 0.251 e. The number of piperazine rings is 1. The molecule has 1 aliphatic rings. The first-order chi connectivity index (χ1) is 12.5. The van der Waals surface area contributed by atoms with Crippen LogP contribution in [-0.4, -0.2) is 68.6 Å². The molecule has 2 aromatic carbocycles. The second-order valence-electron chi connectivity index (χ2n) is 6.47. The van der Waals surface area contributed by atoms with Gasteiger partial charge >= 0.3 is 0 Å². The van der Waals surface area contributed by atoms with Crippen molar-refractivity contribution in [1.29, 1.82) is 0 Å². The standard InChI is InChI=1S/C19H25N3O3S.ClH/c1-2-21-10-12-22(13-11-21)26(24,25)14-9-20-19(23)18-8-7-16-5-3-4-6-17(16)15-18;/h3-8,15H,2,9-14H2,1H3,(H,20,23);1H. The minimum atomic E-state index is -3.34. The number of hydrogen-bond donors (Lipinski definition) is 1. The molecule has 1 saturated heterocycles. The number of nitrogens with one attached hydrogen (secondary N) is 1. The number of benzene rings is 2. The van der Waals surface area contributed by atoms with E-state index >= 15 is 0 Å². The Bertz CT molecular complexity index is 881. The lowest BCUT2D eigenvalue weighted by Gasteiger charge is -2.33. The number of nitrogens with zero attached hydrogens (tertiary/aromatic N) is 2. The molecule has 8 heteroatoms. The first-order valence-electron chi connectivity index (χ1n) is 8.97. The van der Waals surface area contributed by atoms with E-state index in [4.69, 9.17) is 0 Å². The summed E-state index contributed by atoms with van der Waals surface area (Å²) in [6.07, 6.45) is 0. The van der Waals surface area contributed by atoms with Crippen LogP contribution < -0.4 is 5.32 Å². The first-order valence-corrected chi connectivity index (χ1v) is 10.6. The maximum absolute atomic E-state index is 12.4. The predicted molar refractivity (Wildman–Crippen MR) is 111 cm³/mol. The lowest BCUT2D eigenvalue weighted by molar-refractivity contribution is 0.0956. The van der Waals surface area contributed by atoms with Crippen molar-refractivity contribution < 1.29 is 13.2 Å². The Morgan fingerprint density at radius 2 is 1.70 bits per heavy atom. The van der Waals surface area contributed by atoms with Crippen LogP contribution >= 0.6 is 12.4 Å². The van der Waals surface area contributed by atoms with Crippen LogP contribution in [0.25, 0.3) is 10.8 Å². The van der Waals surface area contributed by atoms with Crippen molar-refractivity contribution in [3.63, 3.8) is 0 Å². The molecule has 27 heavy (non-hydrogen) atoms. The highest BCUT2D eigenvalue weighted by molar-refractivity contribution is 7.89. The quantitative estimate of drug-likeness (QED) is 0.788. The second kappa shape index (κ2) is 9.50. The fourth-order valence-electron chi connectivity index (χ4n) is 3.18. The number of sulfonamides is 1. The molecule has 3 rings (SSSR count). The van der Waals surface area contributed by atoms with E-state index in [1.807, 2.05) is 36.4 Å². The van der Waals surface area contributed by atoms with E-state index in [0.717, 1.165) is 30.4 Å². The summed E-state index contributed by atoms with van der Waals surface area (Å²) in [5, 5.41) is 4.78. The van der Waals surface area contributed by atoms with E-state index in [9.17, 15) is 13.2 Å². The van der Waals surface area contributed by atoms with Gasteiger partial charge in [0.2, 0.25) is 10.0 Å². The third kappa shape index (κ3) is 5.42. The van der Waals surface area contributed by atoms with Crippen LogP contribution in [0.5, 0.6) is 0 Å². The molecule has 0 radical (unpaired) electrons. The van der Waals surface area contributed by atoms with Crippen molar-refractivity contribution in [2.24, 2.45) is 0 Å². The fraction of sp³-hybridized carbons (Fsp3) is 0.421. The van der Waals surface area contributed by atoms with Crippen LogP contribution in [0.1, 0.15) is 17.3 Å². The summed E-state index contributed by atoms with van der Waals surface area (Å²) in [6, 6.07) is 13.3. The molecule has 0 aliphatic carbocycles. The average Bonchev–Trinajstić information content (AvgIpc) is 2.67. The van der Waals surface area contributed by atoms with Gasteiger partial charge in [-0.25, -0.2) is 8.42 Å². The summed E-state index contributed by atoms with van der Waals surface area (Å²) in [5.74, 6) is -0.319. The van der Waals surface area contributed by atoms with Gasteiger partial charge in [-0.05, 0) is 29.4 Å². The molecule has 6 nitrogen and oxygen atoms in total. The van der Waals surface area contributed by atoms with Gasteiger partial charge in [0.15, 0.2) is 0 Å². The van der Waals surface area contributed by atoms with Crippen molar-refractivity contribution in [1.82, 2.24) is 14.5 Å². The van der Waals surface area contributed by atoms with Gasteiger partial charge < -0.3 is 10.2 Å². The van der Waals surface area contributed by atoms with Crippen molar-refractivity contribution in [2.45, 2.75) is 6.92 Å². The summed E-state index contributed by atoms with van der Waals surface area (Å²) in [7, 11) is -3.34. The molecular weight excluding hydrogens is 386 g/mol. The van der Waals surface area contributed by atoms with Crippen LogP contribution in [0.15, 0.2) is 42.5 Å². The number of amides is 1. The van der Waals surface area contributed by atoms with Crippen LogP contribution in [0.3, 0.4) is 0 Å². The van der Waals surface area contributed by atoms with Crippen molar-refractivity contribution >= 4 is 39.1 Å². The Morgan fingerprint density at radius 1 is 1.04 bits per heavy atom. The molecule has 1 heterocycles. The summed E-state index contributed by atoms with van der Waals surface area (Å²) >= 11 is 0. The highest BCUT2D eigenvalue weighted by Gasteiger charge is 2.26. The lowest BCUT2D eigenvalue weighted by atomic mass is 10.1. The number of fused-ring (bicyclic) bond motifs is 1. The zero-order valence-corrected chi connectivity index (χ0v) is 17.1. The molecule has 2 aromatic rings. The zero-order valence-electron chi connectivity index (χ0n) is 15.4. The third-order valence-corrected chi connectivity index (χ3v) is 6.70. The van der Waals surface area contributed by atoms with Crippen LogP contribution in [0.2, 0.25) is 0 Å². The van der Waals surface area contributed by atoms with E-state index < -0.39 is 10.0 Å². The Labute approximate surface area is 167 Å². The van der Waals surface area contributed by atoms with E-state index in [-0.39, 0.29) is 30.6 Å². The number of likely N-dealkylation sites (N-methyl/N-ethyl adjacent to an activating group) is 1. The summed E-state index contributed by atoms with van der Waals surface area (Å²) in [4.78, 5) is 14.5. The summed E-state index contributed by atoms with van der Waals surface area (Å²) in [5.41, 5.74) is 0.539. The second-order valence-corrected chi connectivity index (χ2v) is 8.56. The zero-order chi connectivity index (χ0) is 18.6. The molecule has 0 bridgehead atoms. The average molecular weight is 412 g/mol. The SMILES string of the molecule is CCN1CCN(S(=O)(=O)CCNC(=O)c2ccc3ccccc3c2)CC1.Cl. The number of carbonyl (C=O) groups is 1. The number of rotatable bonds is 6. The number of halogens is 1. The molecule has 148 valence electrons. The van der Waals surface area contributed by atoms with Crippen LogP contribution in [0, 0.1) is 0 Å². The number of carbonyl (C=O) groups excluding carboxylic acids is 1. The largest absolute Gasteiger partial charge is 0.351 e. The van der Waals surface area contributed by atoms with Crippen molar-refractivity contribution in [3.05, 3.63) is 48.0 Å². The fourth-order valence-corrected chi connectivity index (χ4v) is 4.52. The van der Waals surface area contributed by atoms with E-state index in [1.54, 1.807) is 6.07 Å². The van der Waals surface area contributed by atoms with Gasteiger partial charge in [-0.2, -0.15) is 4.31 Å². The molecular formula is C19H26ClN3O3S. The van der Waals surface area contributed by atoms with Gasteiger partial charge in [0.25, 0.3) is 5.91 Å². The van der Waals surface area contributed by atoms with Crippen molar-refractivity contribution in [3.8, 4) is 0 Å². The van der Waals surface area contributed by atoms with Gasteiger partial charge in [0.05, 0.1) is 5.75 Å². The smallest absolute Gasteiger partial charge is 0.251 e. The Hall–Kier alpha value is -1.67. The minimum Gasteiger partial charge on any atom is -0.351 e. The topological polar surface area (TPSA) is 69.7 Å². The first kappa shape index (κ1) is 21.6. The Morgan fingerprint density at radius 3 is 2.37 bits per heavy atom. The molecule has 1 aliphatic heterocycles. The van der Waals surface area contributed by atoms with Crippen LogP contribution in [0.4, 0.5) is 0 Å². The predicted octanol–water partition coefficient (Wildman–Crippen LogP) is 1.96. The Balaban J connectivity index is 0.00000261. The normalized spacial score (nSPS) is 16.0. The van der Waals surface area contributed by atoms with Crippen molar-refractivity contribution in [2.75, 3.05) is 45.0 Å². The van der Waals surface area contributed by atoms with Gasteiger partial charge in [-0.15, -0.1) is 12.4 Å². The van der Waals surface area contributed by atoms with E-state index in [0.29, 0.717) is 18.7 Å². The van der Waals surface area contributed by atoms with E-state index in [1.165, 1.54) is 4.31 Å². The van der Waals surface area contributed by atoms with Gasteiger partial charge in [0.1, 0.15) is 0 Å². The molecule has 0 aromatic heterocycles. The minimum absolute atomic E-state index is 0. The number of hydrogen-bond acceptors (Lipinski definition) is 4. The molecule has 0 atom stereocenters. The van der Waals surface area contributed by atoms with Gasteiger partial charge in [-0.3, -0.25) is 4.79 Å². The van der Waals surface area contributed by atoms with E-state index in [2.05, 4.69) is 17.1 Å². The molecule has 0 spiro atoms. The highest BCUT2D eigenvalue weighted by Crippen LogP contribution is 2.15. The molecule has 1 amide bonds. The monoisotopic (exact) mass is 411 g/mol. The lowest BCUT2D eigenvalue weighted by Crippen LogP contribution is -2.49.